The normalized spacial score (nSPS) is 12.1. The summed E-state index contributed by atoms with van der Waals surface area (Å²) in [6.45, 7) is 2.33. The lowest BCUT2D eigenvalue weighted by atomic mass is 10.3. The Morgan fingerprint density at radius 1 is 1.44 bits per heavy atom. The number of rotatable bonds is 4. The maximum Gasteiger partial charge on any atom is 0.243 e. The third kappa shape index (κ3) is 2.81. The Morgan fingerprint density at radius 2 is 2.06 bits per heavy atom. The summed E-state index contributed by atoms with van der Waals surface area (Å²) < 4.78 is 38.4. The van der Waals surface area contributed by atoms with Crippen molar-refractivity contribution in [1.29, 1.82) is 0 Å². The van der Waals surface area contributed by atoms with E-state index in [1.807, 2.05) is 6.92 Å². The maximum absolute atomic E-state index is 12.8. The molecular formula is C10H13BrFNO2S. The van der Waals surface area contributed by atoms with Crippen LogP contribution in [0.3, 0.4) is 0 Å². The van der Waals surface area contributed by atoms with Crippen molar-refractivity contribution in [1.82, 2.24) is 4.31 Å². The molecule has 0 N–H and O–H groups in total. The summed E-state index contributed by atoms with van der Waals surface area (Å²) in [6, 6.07) is 3.55. The molecule has 0 fully saturated rings. The maximum atomic E-state index is 12.8. The molecule has 0 saturated heterocycles. The van der Waals surface area contributed by atoms with Crippen molar-refractivity contribution in [3.63, 3.8) is 0 Å². The molecule has 0 unspecified atom stereocenters. The van der Waals surface area contributed by atoms with E-state index in [2.05, 4.69) is 15.9 Å². The van der Waals surface area contributed by atoms with E-state index in [0.29, 0.717) is 6.54 Å². The van der Waals surface area contributed by atoms with E-state index in [1.54, 1.807) is 0 Å². The van der Waals surface area contributed by atoms with Gasteiger partial charge in [0.25, 0.3) is 0 Å². The van der Waals surface area contributed by atoms with Gasteiger partial charge < -0.3 is 0 Å². The van der Waals surface area contributed by atoms with Crippen molar-refractivity contribution in [2.24, 2.45) is 0 Å². The average Bonchev–Trinajstić information content (AvgIpc) is 2.17. The van der Waals surface area contributed by atoms with E-state index < -0.39 is 15.8 Å². The van der Waals surface area contributed by atoms with Crippen LogP contribution in [-0.4, -0.2) is 26.3 Å². The van der Waals surface area contributed by atoms with Crippen LogP contribution < -0.4 is 0 Å². The molecule has 1 rings (SSSR count). The summed E-state index contributed by atoms with van der Waals surface area (Å²) in [5.74, 6) is -0.469. The van der Waals surface area contributed by atoms with E-state index >= 15 is 0 Å². The number of benzene rings is 1. The molecule has 0 spiro atoms. The minimum Gasteiger partial charge on any atom is -0.207 e. The van der Waals surface area contributed by atoms with Gasteiger partial charge in [0.1, 0.15) is 5.82 Å². The molecule has 0 atom stereocenters. The van der Waals surface area contributed by atoms with Crippen molar-refractivity contribution in [2.75, 3.05) is 13.6 Å². The lowest BCUT2D eigenvalue weighted by Crippen LogP contribution is -2.27. The number of nitrogens with zero attached hydrogens (tertiary/aromatic N) is 1. The van der Waals surface area contributed by atoms with Gasteiger partial charge in [0.2, 0.25) is 10.0 Å². The number of hydrogen-bond acceptors (Lipinski definition) is 2. The van der Waals surface area contributed by atoms with Crippen LogP contribution in [0.1, 0.15) is 13.3 Å². The second-order valence-electron chi connectivity index (χ2n) is 3.40. The van der Waals surface area contributed by atoms with Gasteiger partial charge in [-0.25, -0.2) is 17.1 Å². The van der Waals surface area contributed by atoms with Crippen molar-refractivity contribution in [2.45, 2.75) is 18.2 Å². The quantitative estimate of drug-likeness (QED) is 0.857. The first-order chi connectivity index (χ1) is 7.39. The molecule has 0 aliphatic heterocycles. The first-order valence-corrected chi connectivity index (χ1v) is 7.04. The summed E-state index contributed by atoms with van der Waals surface area (Å²) in [4.78, 5) is 0.0878. The summed E-state index contributed by atoms with van der Waals surface area (Å²) >= 11 is 3.06. The molecule has 0 aliphatic rings. The van der Waals surface area contributed by atoms with Crippen molar-refractivity contribution >= 4 is 26.0 Å². The average molecular weight is 310 g/mol. The molecule has 3 nitrogen and oxygen atoms in total. The molecule has 90 valence electrons. The van der Waals surface area contributed by atoms with Crippen LogP contribution in [0.2, 0.25) is 0 Å². The fourth-order valence-electron chi connectivity index (χ4n) is 1.29. The lowest BCUT2D eigenvalue weighted by Gasteiger charge is -2.17. The van der Waals surface area contributed by atoms with Gasteiger partial charge in [0.15, 0.2) is 0 Å². The largest absolute Gasteiger partial charge is 0.243 e. The zero-order valence-corrected chi connectivity index (χ0v) is 11.5. The van der Waals surface area contributed by atoms with Crippen LogP contribution in [0.15, 0.2) is 27.6 Å². The number of halogens is 2. The van der Waals surface area contributed by atoms with Crippen LogP contribution in [0.5, 0.6) is 0 Å². The van der Waals surface area contributed by atoms with Gasteiger partial charge in [-0.1, -0.05) is 6.92 Å². The molecule has 0 radical (unpaired) electrons. The molecule has 0 aromatic heterocycles. The highest BCUT2D eigenvalue weighted by Gasteiger charge is 2.22. The highest BCUT2D eigenvalue weighted by atomic mass is 79.9. The molecule has 0 saturated carbocycles. The Bertz CT molecular complexity index is 476. The second kappa shape index (κ2) is 5.25. The Labute approximate surface area is 103 Å². The zero-order chi connectivity index (χ0) is 12.3. The molecule has 0 amide bonds. The molecule has 0 heterocycles. The van der Waals surface area contributed by atoms with Gasteiger partial charge in [-0.2, -0.15) is 0 Å². The fourth-order valence-corrected chi connectivity index (χ4v) is 3.56. The topological polar surface area (TPSA) is 37.4 Å². The van der Waals surface area contributed by atoms with Gasteiger partial charge in [-0.05, 0) is 40.5 Å². The summed E-state index contributed by atoms with van der Waals surface area (Å²) in [6.07, 6.45) is 0.731. The van der Waals surface area contributed by atoms with Crippen molar-refractivity contribution in [3.05, 3.63) is 28.5 Å². The second-order valence-corrected chi connectivity index (χ2v) is 6.27. The summed E-state index contributed by atoms with van der Waals surface area (Å²) in [5.41, 5.74) is 0. The van der Waals surface area contributed by atoms with E-state index in [4.69, 9.17) is 0 Å². The van der Waals surface area contributed by atoms with Crippen molar-refractivity contribution in [3.8, 4) is 0 Å². The smallest absolute Gasteiger partial charge is 0.207 e. The summed E-state index contributed by atoms with van der Waals surface area (Å²) in [7, 11) is -2.02. The van der Waals surface area contributed by atoms with Crippen LogP contribution in [0.25, 0.3) is 0 Å². The molecule has 16 heavy (non-hydrogen) atoms. The van der Waals surface area contributed by atoms with Gasteiger partial charge >= 0.3 is 0 Å². The van der Waals surface area contributed by atoms with Gasteiger partial charge in [-0.15, -0.1) is 0 Å². The minimum absolute atomic E-state index is 0.0878. The summed E-state index contributed by atoms with van der Waals surface area (Å²) in [5, 5.41) is 0. The van der Waals surface area contributed by atoms with E-state index in [9.17, 15) is 12.8 Å². The minimum atomic E-state index is -3.53. The van der Waals surface area contributed by atoms with Crippen LogP contribution in [-0.2, 0) is 10.0 Å². The van der Waals surface area contributed by atoms with Gasteiger partial charge in [0, 0.05) is 18.1 Å². The first-order valence-electron chi connectivity index (χ1n) is 4.81. The highest BCUT2D eigenvalue weighted by molar-refractivity contribution is 9.10. The molecule has 0 bridgehead atoms. The zero-order valence-electron chi connectivity index (χ0n) is 9.07. The molecule has 1 aromatic carbocycles. The van der Waals surface area contributed by atoms with Crippen LogP contribution in [0.4, 0.5) is 4.39 Å². The van der Waals surface area contributed by atoms with Crippen molar-refractivity contribution < 1.29 is 12.8 Å². The number of sulfonamides is 1. The Morgan fingerprint density at radius 3 is 2.56 bits per heavy atom. The molecular weight excluding hydrogens is 297 g/mol. The third-order valence-electron chi connectivity index (χ3n) is 2.12. The van der Waals surface area contributed by atoms with Crippen LogP contribution >= 0.6 is 15.9 Å². The standard InChI is InChI=1S/C10H13BrFNO2S/c1-3-6-13(2)16(14,15)10-5-4-8(12)7-9(10)11/h4-5,7H,3,6H2,1-2H3. The molecule has 1 aromatic rings. The van der Waals surface area contributed by atoms with Crippen LogP contribution in [0, 0.1) is 5.82 Å². The van der Waals surface area contributed by atoms with Gasteiger partial charge in [-0.3, -0.25) is 0 Å². The Kier molecular flexibility index (Phi) is 4.46. The SMILES string of the molecule is CCCN(C)S(=O)(=O)c1ccc(F)cc1Br. The Balaban J connectivity index is 3.17. The molecule has 6 heteroatoms. The lowest BCUT2D eigenvalue weighted by molar-refractivity contribution is 0.468. The molecule has 0 aliphatic carbocycles. The number of hydrogen-bond donors (Lipinski definition) is 0. The third-order valence-corrected chi connectivity index (χ3v) is 4.95. The fraction of sp³-hybridized carbons (Fsp3) is 0.400. The predicted molar refractivity (Wildman–Crippen MR) is 64.2 cm³/mol. The predicted octanol–water partition coefficient (Wildman–Crippen LogP) is 2.62. The first kappa shape index (κ1) is 13.6. The monoisotopic (exact) mass is 309 g/mol. The highest BCUT2D eigenvalue weighted by Crippen LogP contribution is 2.25. The Hall–Kier alpha value is -0.460. The van der Waals surface area contributed by atoms with E-state index in [-0.39, 0.29) is 9.37 Å². The van der Waals surface area contributed by atoms with Gasteiger partial charge in [0.05, 0.1) is 4.90 Å². The van der Waals surface area contributed by atoms with E-state index in [0.717, 1.165) is 18.6 Å². The van der Waals surface area contributed by atoms with E-state index in [1.165, 1.54) is 17.4 Å².